The first-order valence-corrected chi connectivity index (χ1v) is 10.0. The van der Waals surface area contributed by atoms with Crippen LogP contribution in [-0.4, -0.2) is 27.9 Å². The summed E-state index contributed by atoms with van der Waals surface area (Å²) in [5.41, 5.74) is 2.46. The van der Waals surface area contributed by atoms with Gasteiger partial charge in [0.2, 0.25) is 11.8 Å². The van der Waals surface area contributed by atoms with Gasteiger partial charge in [-0.3, -0.25) is 4.79 Å². The molecule has 1 aliphatic carbocycles. The van der Waals surface area contributed by atoms with Crippen LogP contribution < -0.4 is 5.32 Å². The number of carbonyl (C=O) groups is 1. The Morgan fingerprint density at radius 2 is 1.88 bits per heavy atom. The second-order valence-corrected chi connectivity index (χ2v) is 7.43. The lowest BCUT2D eigenvalue weighted by atomic mass is 9.95. The first-order valence-electron chi connectivity index (χ1n) is 9.05. The van der Waals surface area contributed by atoms with Gasteiger partial charge in [-0.2, -0.15) is 0 Å². The fraction of sp³-hybridized carbons (Fsp3) is 0.526. The Morgan fingerprint density at radius 3 is 2.60 bits per heavy atom. The summed E-state index contributed by atoms with van der Waals surface area (Å²) >= 11 is 1.30. The summed E-state index contributed by atoms with van der Waals surface area (Å²) in [6, 6.07) is 8.76. The molecule has 1 aromatic heterocycles. The van der Waals surface area contributed by atoms with Gasteiger partial charge in [0.05, 0.1) is 12.2 Å². The van der Waals surface area contributed by atoms with E-state index < -0.39 is 0 Å². The lowest BCUT2D eigenvalue weighted by Crippen LogP contribution is -2.37. The molecule has 1 aromatic carbocycles. The molecule has 0 bridgehead atoms. The first-order chi connectivity index (χ1) is 12.2. The lowest BCUT2D eigenvalue weighted by molar-refractivity contribution is -0.119. The molecular weight excluding hydrogens is 334 g/mol. The number of benzene rings is 1. The van der Waals surface area contributed by atoms with Gasteiger partial charge >= 0.3 is 0 Å². The number of thioether (sulfide) groups is 1. The third kappa shape index (κ3) is 5.59. The molecule has 0 atom stereocenters. The van der Waals surface area contributed by atoms with E-state index in [2.05, 4.69) is 46.7 Å². The smallest absolute Gasteiger partial charge is 0.277 e. The Hall–Kier alpha value is -1.82. The van der Waals surface area contributed by atoms with Crippen LogP contribution in [-0.2, 0) is 17.6 Å². The van der Waals surface area contributed by atoms with Crippen LogP contribution in [0.25, 0.3) is 0 Å². The number of nitrogens with one attached hydrogen (secondary N) is 1. The van der Waals surface area contributed by atoms with Crippen molar-refractivity contribution >= 4 is 17.7 Å². The third-order valence-electron chi connectivity index (χ3n) is 4.53. The van der Waals surface area contributed by atoms with Crippen molar-refractivity contribution in [2.24, 2.45) is 0 Å². The topological polar surface area (TPSA) is 68.0 Å². The quantitative estimate of drug-likeness (QED) is 0.762. The van der Waals surface area contributed by atoms with E-state index in [0.717, 1.165) is 24.8 Å². The second-order valence-electron chi connectivity index (χ2n) is 6.50. The maximum atomic E-state index is 12.0. The molecule has 1 aliphatic rings. The van der Waals surface area contributed by atoms with Crippen LogP contribution in [0, 0.1) is 0 Å². The van der Waals surface area contributed by atoms with E-state index >= 15 is 0 Å². The lowest BCUT2D eigenvalue weighted by Gasteiger charge is -2.22. The Labute approximate surface area is 153 Å². The van der Waals surface area contributed by atoms with E-state index in [1.54, 1.807) is 0 Å². The molecule has 6 heteroatoms. The van der Waals surface area contributed by atoms with Crippen LogP contribution in [0.15, 0.2) is 33.9 Å². The van der Waals surface area contributed by atoms with E-state index in [4.69, 9.17) is 4.42 Å². The van der Waals surface area contributed by atoms with Crippen LogP contribution in [0.3, 0.4) is 0 Å². The van der Waals surface area contributed by atoms with Crippen LogP contribution in [0.4, 0.5) is 0 Å². The minimum absolute atomic E-state index is 0.0480. The molecular formula is C19H25N3O2S. The van der Waals surface area contributed by atoms with Crippen molar-refractivity contribution in [2.75, 3.05) is 5.75 Å². The molecule has 0 radical (unpaired) electrons. The van der Waals surface area contributed by atoms with E-state index in [1.807, 2.05) is 0 Å². The van der Waals surface area contributed by atoms with Gasteiger partial charge in [-0.25, -0.2) is 0 Å². The SMILES string of the molecule is CCc1ccc(Cc2nnc(SCC(=O)NC3CCCCC3)o2)cc1. The molecule has 3 rings (SSSR count). The Balaban J connectivity index is 1.45. The minimum Gasteiger partial charge on any atom is -0.416 e. The summed E-state index contributed by atoms with van der Waals surface area (Å²) < 4.78 is 5.65. The predicted molar refractivity (Wildman–Crippen MR) is 98.7 cm³/mol. The van der Waals surface area contributed by atoms with Gasteiger partial charge < -0.3 is 9.73 Å². The van der Waals surface area contributed by atoms with Gasteiger partial charge in [0.25, 0.3) is 5.22 Å². The largest absolute Gasteiger partial charge is 0.416 e. The Kier molecular flexibility index (Phi) is 6.50. The van der Waals surface area contributed by atoms with Gasteiger partial charge in [-0.1, -0.05) is 62.2 Å². The number of carbonyl (C=O) groups excluding carboxylic acids is 1. The number of hydrogen-bond acceptors (Lipinski definition) is 5. The van der Waals surface area contributed by atoms with Crippen molar-refractivity contribution in [3.05, 3.63) is 41.3 Å². The van der Waals surface area contributed by atoms with Crippen LogP contribution >= 0.6 is 11.8 Å². The standard InChI is InChI=1S/C19H25N3O2S/c1-2-14-8-10-15(11-9-14)12-18-21-22-19(24-18)25-13-17(23)20-16-6-4-3-5-7-16/h8-11,16H,2-7,12-13H2,1H3,(H,20,23). The normalized spacial score (nSPS) is 15.2. The molecule has 2 aromatic rings. The summed E-state index contributed by atoms with van der Waals surface area (Å²) in [4.78, 5) is 12.0. The highest BCUT2D eigenvalue weighted by molar-refractivity contribution is 7.99. The van der Waals surface area contributed by atoms with Crippen molar-refractivity contribution < 1.29 is 9.21 Å². The van der Waals surface area contributed by atoms with Crippen LogP contribution in [0.2, 0.25) is 0 Å². The second kappa shape index (κ2) is 9.04. The fourth-order valence-corrected chi connectivity index (χ4v) is 3.67. The third-order valence-corrected chi connectivity index (χ3v) is 5.35. The fourth-order valence-electron chi connectivity index (χ4n) is 3.08. The molecule has 134 valence electrons. The van der Waals surface area contributed by atoms with E-state index in [9.17, 15) is 4.79 Å². The van der Waals surface area contributed by atoms with Crippen molar-refractivity contribution in [1.82, 2.24) is 15.5 Å². The summed E-state index contributed by atoms with van der Waals surface area (Å²) in [6.07, 6.45) is 7.55. The average molecular weight is 359 g/mol. The zero-order valence-electron chi connectivity index (χ0n) is 14.7. The number of rotatable bonds is 7. The zero-order valence-corrected chi connectivity index (χ0v) is 15.5. The van der Waals surface area contributed by atoms with Crippen molar-refractivity contribution in [3.63, 3.8) is 0 Å². The molecule has 1 amide bonds. The molecule has 0 spiro atoms. The number of nitrogens with zero attached hydrogens (tertiary/aromatic N) is 2. The maximum Gasteiger partial charge on any atom is 0.277 e. The highest BCUT2D eigenvalue weighted by Gasteiger charge is 2.16. The van der Waals surface area contributed by atoms with Gasteiger partial charge in [0.15, 0.2) is 0 Å². The van der Waals surface area contributed by atoms with Gasteiger partial charge in [-0.15, -0.1) is 10.2 Å². The van der Waals surface area contributed by atoms with Gasteiger partial charge in [-0.05, 0) is 30.4 Å². The van der Waals surface area contributed by atoms with Gasteiger partial charge in [0.1, 0.15) is 0 Å². The average Bonchev–Trinajstić information content (AvgIpc) is 3.09. The van der Waals surface area contributed by atoms with Gasteiger partial charge in [0, 0.05) is 6.04 Å². The Bertz CT molecular complexity index is 678. The number of aryl methyl sites for hydroxylation is 1. The molecule has 0 aliphatic heterocycles. The maximum absolute atomic E-state index is 12.0. The van der Waals surface area contributed by atoms with Crippen molar-refractivity contribution in [2.45, 2.75) is 63.1 Å². The molecule has 0 unspecified atom stereocenters. The molecule has 1 fully saturated rings. The van der Waals surface area contributed by atoms with Crippen LogP contribution in [0.5, 0.6) is 0 Å². The molecule has 1 saturated carbocycles. The zero-order chi connectivity index (χ0) is 17.5. The highest BCUT2D eigenvalue weighted by Crippen LogP contribution is 2.20. The minimum atomic E-state index is 0.0480. The number of hydrogen-bond donors (Lipinski definition) is 1. The molecule has 1 N–H and O–H groups in total. The predicted octanol–water partition coefficient (Wildman–Crippen LogP) is 3.76. The highest BCUT2D eigenvalue weighted by atomic mass is 32.2. The number of amides is 1. The van der Waals surface area contributed by atoms with Crippen molar-refractivity contribution in [3.8, 4) is 0 Å². The van der Waals surface area contributed by atoms with E-state index in [0.29, 0.717) is 29.3 Å². The summed E-state index contributed by atoms with van der Waals surface area (Å²) in [7, 11) is 0. The Morgan fingerprint density at radius 1 is 1.16 bits per heavy atom. The number of aromatic nitrogens is 2. The summed E-state index contributed by atoms with van der Waals surface area (Å²) in [5.74, 6) is 0.954. The molecule has 25 heavy (non-hydrogen) atoms. The van der Waals surface area contributed by atoms with Crippen LogP contribution in [0.1, 0.15) is 56.0 Å². The molecule has 1 heterocycles. The molecule has 5 nitrogen and oxygen atoms in total. The summed E-state index contributed by atoms with van der Waals surface area (Å²) in [6.45, 7) is 2.14. The van der Waals surface area contributed by atoms with Crippen molar-refractivity contribution in [1.29, 1.82) is 0 Å². The first kappa shape index (κ1) is 18.0. The summed E-state index contributed by atoms with van der Waals surface area (Å²) in [5, 5.41) is 11.7. The van der Waals surface area contributed by atoms with E-state index in [1.165, 1.54) is 36.6 Å². The van der Waals surface area contributed by atoms with E-state index in [-0.39, 0.29) is 5.91 Å². The monoisotopic (exact) mass is 359 g/mol. The molecule has 0 saturated heterocycles.